The van der Waals surface area contributed by atoms with Gasteiger partial charge in [-0.25, -0.2) is 4.39 Å². The molecule has 0 bridgehead atoms. The summed E-state index contributed by atoms with van der Waals surface area (Å²) in [7, 11) is 5.17. The van der Waals surface area contributed by atoms with Gasteiger partial charge in [-0.15, -0.1) is 0 Å². The van der Waals surface area contributed by atoms with Crippen LogP contribution in [0.4, 0.5) is 30.7 Å². The lowest BCUT2D eigenvalue weighted by Crippen LogP contribution is -2.73. The van der Waals surface area contributed by atoms with Gasteiger partial charge in [0.25, 0.3) is 5.60 Å². The quantitative estimate of drug-likeness (QED) is 0.569. The molecule has 3 atom stereocenters. The molecule has 1 rings (SSSR count). The molecule has 104 valence electrons. The van der Waals surface area contributed by atoms with Gasteiger partial charge in [0, 0.05) is 0 Å². The molecular formula is C9H10BF7O. The second-order valence-electron chi connectivity index (χ2n) is 4.38. The van der Waals surface area contributed by atoms with Gasteiger partial charge in [-0.1, -0.05) is 12.7 Å². The Hall–Kier alpha value is -0.465. The van der Waals surface area contributed by atoms with Crippen LogP contribution < -0.4 is 0 Å². The molecule has 9 heteroatoms. The molecule has 1 aliphatic heterocycles. The standard InChI is InChI=1S/C9H10BF7O/c1-4(10)2-6(11)5-3-18-7(5,8(12,13)14)9(15,16)17/h4-6H,2-3H2,1H3/t4?,5?,6-/m1/s1. The Bertz CT molecular complexity index is 284. The van der Waals surface area contributed by atoms with Crippen LogP contribution in [0.1, 0.15) is 13.3 Å². The summed E-state index contributed by atoms with van der Waals surface area (Å²) in [6.45, 7) is 0.377. The summed E-state index contributed by atoms with van der Waals surface area (Å²) in [5.74, 6) is -3.14. The summed E-state index contributed by atoms with van der Waals surface area (Å²) in [6.07, 6.45) is -14.3. The molecule has 0 aliphatic carbocycles. The molecular weight excluding hydrogens is 268 g/mol. The zero-order chi connectivity index (χ0) is 14.4. The van der Waals surface area contributed by atoms with E-state index in [1.165, 1.54) is 6.92 Å². The maximum atomic E-state index is 13.5. The van der Waals surface area contributed by atoms with Crippen molar-refractivity contribution >= 4 is 7.85 Å². The molecule has 1 nitrogen and oxygen atoms in total. The molecule has 1 aliphatic rings. The van der Waals surface area contributed by atoms with E-state index in [-0.39, 0.29) is 0 Å². The monoisotopic (exact) mass is 278 g/mol. The van der Waals surface area contributed by atoms with Crippen LogP contribution in [-0.2, 0) is 4.74 Å². The van der Waals surface area contributed by atoms with E-state index in [0.717, 1.165) is 0 Å². The number of halogens is 7. The molecule has 0 aromatic carbocycles. The van der Waals surface area contributed by atoms with Crippen LogP contribution in [0.5, 0.6) is 0 Å². The first kappa shape index (κ1) is 15.6. The normalized spacial score (nSPS) is 27.4. The van der Waals surface area contributed by atoms with Crippen molar-refractivity contribution in [3.05, 3.63) is 0 Å². The molecule has 0 amide bonds. The van der Waals surface area contributed by atoms with Gasteiger partial charge in [-0.3, -0.25) is 0 Å². The van der Waals surface area contributed by atoms with E-state index >= 15 is 0 Å². The minimum atomic E-state index is -5.71. The number of hydrogen-bond acceptors (Lipinski definition) is 1. The van der Waals surface area contributed by atoms with Crippen molar-refractivity contribution in [3.63, 3.8) is 0 Å². The lowest BCUT2D eigenvalue weighted by atomic mass is 9.73. The van der Waals surface area contributed by atoms with Crippen LogP contribution >= 0.6 is 0 Å². The Morgan fingerprint density at radius 3 is 1.89 bits per heavy atom. The number of hydrogen-bond donors (Lipinski definition) is 0. The van der Waals surface area contributed by atoms with Gasteiger partial charge < -0.3 is 4.74 Å². The molecule has 18 heavy (non-hydrogen) atoms. The first-order valence-corrected chi connectivity index (χ1v) is 5.10. The van der Waals surface area contributed by atoms with E-state index < -0.39 is 48.9 Å². The summed E-state index contributed by atoms with van der Waals surface area (Å²) in [4.78, 5) is 0. The second kappa shape index (κ2) is 4.57. The van der Waals surface area contributed by atoms with Crippen LogP contribution in [0, 0.1) is 5.92 Å². The molecule has 0 aromatic heterocycles. The van der Waals surface area contributed by atoms with Crippen molar-refractivity contribution in [3.8, 4) is 0 Å². The number of rotatable bonds is 3. The smallest absolute Gasteiger partial charge is 0.357 e. The average Bonchev–Trinajstić information content (AvgIpc) is 1.92. The Morgan fingerprint density at radius 1 is 1.22 bits per heavy atom. The van der Waals surface area contributed by atoms with Crippen molar-refractivity contribution in [2.45, 2.75) is 43.3 Å². The Kier molecular flexibility index (Phi) is 3.96. The van der Waals surface area contributed by atoms with Gasteiger partial charge in [0.1, 0.15) is 6.17 Å². The third-order valence-electron chi connectivity index (χ3n) is 2.89. The van der Waals surface area contributed by atoms with Crippen molar-refractivity contribution in [1.29, 1.82) is 0 Å². The van der Waals surface area contributed by atoms with Crippen LogP contribution in [0.3, 0.4) is 0 Å². The third-order valence-corrected chi connectivity index (χ3v) is 2.89. The molecule has 0 spiro atoms. The maximum absolute atomic E-state index is 13.5. The van der Waals surface area contributed by atoms with Gasteiger partial charge in [0.2, 0.25) is 0 Å². The van der Waals surface area contributed by atoms with Crippen LogP contribution in [0.25, 0.3) is 0 Å². The van der Waals surface area contributed by atoms with Gasteiger partial charge >= 0.3 is 12.4 Å². The molecule has 2 radical (unpaired) electrons. The third kappa shape index (κ3) is 2.33. The first-order chi connectivity index (χ1) is 7.93. The Morgan fingerprint density at radius 2 is 1.67 bits per heavy atom. The topological polar surface area (TPSA) is 9.23 Å². The number of ether oxygens (including phenoxy) is 1. The predicted octanol–water partition coefficient (Wildman–Crippen LogP) is 3.20. The minimum Gasteiger partial charge on any atom is -0.357 e. The molecule has 0 saturated carbocycles. The fourth-order valence-electron chi connectivity index (χ4n) is 1.97. The van der Waals surface area contributed by atoms with E-state index in [2.05, 4.69) is 4.74 Å². The Balaban J connectivity index is 3.01. The molecule has 0 aromatic rings. The average molecular weight is 278 g/mol. The fraction of sp³-hybridized carbons (Fsp3) is 1.00. The first-order valence-electron chi connectivity index (χ1n) is 5.10. The minimum absolute atomic E-state index is 0.581. The van der Waals surface area contributed by atoms with E-state index in [4.69, 9.17) is 7.85 Å². The highest BCUT2D eigenvalue weighted by Gasteiger charge is 2.81. The zero-order valence-corrected chi connectivity index (χ0v) is 9.28. The van der Waals surface area contributed by atoms with Crippen LogP contribution in [0.2, 0.25) is 5.82 Å². The highest BCUT2D eigenvalue weighted by molar-refractivity contribution is 6.11. The zero-order valence-electron chi connectivity index (χ0n) is 9.28. The summed E-state index contributed by atoms with van der Waals surface area (Å²) >= 11 is 0. The largest absolute Gasteiger partial charge is 0.427 e. The summed E-state index contributed by atoms with van der Waals surface area (Å²) in [5, 5.41) is 0. The van der Waals surface area contributed by atoms with Crippen molar-refractivity contribution in [1.82, 2.24) is 0 Å². The van der Waals surface area contributed by atoms with Gasteiger partial charge in [-0.2, -0.15) is 26.3 Å². The lowest BCUT2D eigenvalue weighted by molar-refractivity contribution is -0.450. The van der Waals surface area contributed by atoms with E-state index in [1.807, 2.05) is 0 Å². The molecule has 1 fully saturated rings. The van der Waals surface area contributed by atoms with Crippen molar-refractivity contribution in [2.75, 3.05) is 6.61 Å². The summed E-state index contributed by atoms with van der Waals surface area (Å²) < 4.78 is 92.6. The van der Waals surface area contributed by atoms with Gasteiger partial charge in [0.05, 0.1) is 20.4 Å². The van der Waals surface area contributed by atoms with Crippen molar-refractivity contribution in [2.24, 2.45) is 5.92 Å². The van der Waals surface area contributed by atoms with E-state index in [9.17, 15) is 30.7 Å². The second-order valence-corrected chi connectivity index (χ2v) is 4.38. The van der Waals surface area contributed by atoms with Gasteiger partial charge in [-0.05, 0) is 6.42 Å². The Labute approximate surface area is 100 Å². The maximum Gasteiger partial charge on any atom is 0.427 e. The summed E-state index contributed by atoms with van der Waals surface area (Å²) in [5.41, 5.74) is -4.41. The van der Waals surface area contributed by atoms with E-state index in [0.29, 0.717) is 0 Å². The van der Waals surface area contributed by atoms with Gasteiger partial charge in [0.15, 0.2) is 0 Å². The van der Waals surface area contributed by atoms with Crippen molar-refractivity contribution < 1.29 is 35.5 Å². The van der Waals surface area contributed by atoms with Crippen LogP contribution in [-0.4, -0.2) is 38.6 Å². The molecule has 1 saturated heterocycles. The molecule has 0 N–H and O–H groups in total. The molecule has 2 unspecified atom stereocenters. The predicted molar refractivity (Wildman–Crippen MR) is 49.0 cm³/mol. The lowest BCUT2D eigenvalue weighted by Gasteiger charge is -2.51. The highest BCUT2D eigenvalue weighted by Crippen LogP contribution is 2.57. The SMILES string of the molecule is [B]C(C)C[C@@H](F)C1COC1(C(F)(F)F)C(F)(F)F. The number of alkyl halides is 7. The molecule has 1 heterocycles. The summed E-state index contributed by atoms with van der Waals surface area (Å²) in [6, 6.07) is 0. The van der Waals surface area contributed by atoms with Crippen LogP contribution in [0.15, 0.2) is 0 Å². The fourth-order valence-corrected chi connectivity index (χ4v) is 1.97. The highest BCUT2D eigenvalue weighted by atomic mass is 19.4. The van der Waals surface area contributed by atoms with E-state index in [1.54, 1.807) is 0 Å².